The Hall–Kier alpha value is -8.08. The van der Waals surface area contributed by atoms with Gasteiger partial charge in [0.25, 0.3) is 26.5 Å². The van der Waals surface area contributed by atoms with Gasteiger partial charge in [-0.25, -0.2) is 27.1 Å². The summed E-state index contributed by atoms with van der Waals surface area (Å²) < 4.78 is 124. The summed E-state index contributed by atoms with van der Waals surface area (Å²) in [4.78, 5) is 65.2. The third-order valence-corrected chi connectivity index (χ3v) is 23.8. The maximum absolute atomic E-state index is 12.9. The summed E-state index contributed by atoms with van der Waals surface area (Å²) in [6.45, 7) is 4.31. The number of carbonyl (C=O) groups excluding carboxylic acids is 5. The number of aliphatic hydroxyl groups is 1. The number of hydrogen-bond donors (Lipinski definition) is 5. The molecule has 0 radical (unpaired) electrons. The van der Waals surface area contributed by atoms with E-state index < -0.39 is 45.9 Å². The van der Waals surface area contributed by atoms with Crippen LogP contribution in [0.3, 0.4) is 0 Å². The largest absolute Gasteiger partial charge is 1.00 e. The zero-order valence-electron chi connectivity index (χ0n) is 78.1. The molecule has 42 heteroatoms. The van der Waals surface area contributed by atoms with Gasteiger partial charge in [0.2, 0.25) is 26.5 Å². The van der Waals surface area contributed by atoms with Crippen molar-refractivity contribution in [1.82, 2.24) is 14.7 Å². The number of nitrogens with two attached hydrogens (primary N) is 2. The molecule has 0 amide bonds. The van der Waals surface area contributed by atoms with E-state index in [4.69, 9.17) is 96.0 Å². The monoisotopic (exact) mass is 2170 g/mol. The molecule has 0 unspecified atom stereocenters. The van der Waals surface area contributed by atoms with Crippen molar-refractivity contribution in [3.63, 3.8) is 0 Å². The molecule has 7 N–H and O–H groups in total. The van der Waals surface area contributed by atoms with Crippen molar-refractivity contribution < 1.29 is 206 Å². The smallest absolute Gasteiger partial charge is 1.00 e. The van der Waals surface area contributed by atoms with Crippen LogP contribution in [0.15, 0.2) is 289 Å². The summed E-state index contributed by atoms with van der Waals surface area (Å²) in [6, 6.07) is 73.4. The molecular weight excluding hydrogens is 2070 g/mol. The molecule has 0 saturated heterocycles. The Balaban J connectivity index is 0. The average molecular weight is 2180 g/mol. The topological polar surface area (TPSA) is 462 Å². The van der Waals surface area contributed by atoms with E-state index in [1.54, 1.807) is 104 Å². The third kappa shape index (κ3) is 49.3. The number of aromatic hydroxyl groups is 2. The molecule has 11 aromatic carbocycles. The minimum Gasteiger partial charge on any atom is -1.00 e. The van der Waals surface area contributed by atoms with E-state index in [-0.39, 0.29) is 227 Å². The van der Waals surface area contributed by atoms with Crippen molar-refractivity contribution >= 4 is 157 Å². The number of aryl methyl sites for hydroxylation is 3. The molecule has 0 aromatic heterocycles. The molecule has 0 spiro atoms. The van der Waals surface area contributed by atoms with Gasteiger partial charge in [-0.1, -0.05) is 153 Å². The fraction of sp³-hybridized carbons (Fsp3) is 0.221. The van der Waals surface area contributed by atoms with E-state index in [0.29, 0.717) is 47.0 Å². The van der Waals surface area contributed by atoms with Gasteiger partial charge in [-0.3, -0.25) is 28.9 Å². The normalized spacial score (nSPS) is 10.5. The molecule has 726 valence electrons. The number of sulfonamides is 4. The summed E-state index contributed by atoms with van der Waals surface area (Å²) >= 11 is 27.0. The number of benzene rings is 11. The quantitative estimate of drug-likeness (QED) is 0.00244. The molecule has 137 heavy (non-hydrogen) atoms. The first-order valence-electron chi connectivity index (χ1n) is 39.9. The van der Waals surface area contributed by atoms with Crippen molar-refractivity contribution in [3.05, 3.63) is 342 Å². The van der Waals surface area contributed by atoms with Gasteiger partial charge in [0, 0.05) is 106 Å². The van der Waals surface area contributed by atoms with Gasteiger partial charge in [-0.2, -0.15) is 22.1 Å². The van der Waals surface area contributed by atoms with Gasteiger partial charge in [0.1, 0.15) is 55.3 Å². The van der Waals surface area contributed by atoms with Gasteiger partial charge >= 0.3 is 103 Å². The van der Waals surface area contributed by atoms with Crippen molar-refractivity contribution in [2.75, 3.05) is 81.7 Å². The molecule has 0 saturated carbocycles. The number of phenolic OH excluding ortho intramolecular Hbond substituents is 2. The Labute approximate surface area is 922 Å². The zero-order chi connectivity index (χ0) is 100. The molecule has 11 rings (SSSR count). The van der Waals surface area contributed by atoms with Crippen LogP contribution < -0.4 is 128 Å². The van der Waals surface area contributed by atoms with E-state index in [1.807, 2.05) is 55.4 Å². The number of ketones is 4. The van der Waals surface area contributed by atoms with Crippen LogP contribution in [0.4, 0.5) is 0 Å². The average Bonchev–Trinajstić information content (AvgIpc) is 1.18. The summed E-state index contributed by atoms with van der Waals surface area (Å²) in [7, 11) is -2.54. The molecule has 0 fully saturated rings. The zero-order valence-corrected chi connectivity index (χ0v) is 92.0. The van der Waals surface area contributed by atoms with Gasteiger partial charge in [0.05, 0.1) is 39.4 Å². The summed E-state index contributed by atoms with van der Waals surface area (Å²) in [5.41, 5.74) is 6.09. The molecule has 30 nitrogen and oxygen atoms in total. The number of hydrogen-bond acceptors (Lipinski definition) is 24. The maximum Gasteiger partial charge on any atom is 1.00 e. The van der Waals surface area contributed by atoms with Gasteiger partial charge in [-0.05, 0) is 246 Å². The molecule has 0 heterocycles. The minimum absolute atomic E-state index is 0. The van der Waals surface area contributed by atoms with E-state index in [1.165, 1.54) is 168 Å². The van der Waals surface area contributed by atoms with Crippen molar-refractivity contribution in [2.45, 2.75) is 78.4 Å². The molecule has 0 aliphatic heterocycles. The van der Waals surface area contributed by atoms with Gasteiger partial charge in [-0.15, -0.1) is 21.2 Å². The van der Waals surface area contributed by atoms with E-state index in [0.717, 1.165) is 43.4 Å². The van der Waals surface area contributed by atoms with Crippen molar-refractivity contribution in [2.24, 2.45) is 19.1 Å². The first-order valence-corrected chi connectivity index (χ1v) is 48.5. The first-order chi connectivity index (χ1) is 63.5. The number of halogens is 6. The molecular formula is C95H106BrCl5K2N8O22S4. The van der Waals surface area contributed by atoms with E-state index in [9.17, 15) is 63.1 Å². The Morgan fingerprint density at radius 2 is 0.693 bits per heavy atom. The Kier molecular flexibility index (Phi) is 64.9. The molecule has 0 aliphatic rings. The second kappa shape index (κ2) is 68.9. The van der Waals surface area contributed by atoms with Crippen LogP contribution in [0.1, 0.15) is 115 Å². The van der Waals surface area contributed by atoms with Crippen LogP contribution in [0.2, 0.25) is 20.1 Å². The maximum atomic E-state index is 12.9. The first kappa shape index (κ1) is 129. The number of ether oxygens (including phenoxy) is 4. The second-order valence-electron chi connectivity index (χ2n) is 28.1. The fourth-order valence-corrected chi connectivity index (χ4v) is 16.1. The molecule has 0 atom stereocenters. The standard InChI is InChI=1S/C25H25ClN2O4S.C22H20ClNO4S.C16H15ClN2O4S.C13H10ClNO4S.C9H11Br.C5H13NO2.C2H3N.C2H6O.CH2O3.ClH.2K.H/c1-28(2)18-27-33(30,31)24-17-21(12-15-23(24)26)25(29)20-10-13-22(14-11-20)32-16-6-9-19-7-4-3-5-8-19;23-20-13-10-18(15-21(20)29(24,26)27)22(25)17-8-11-19(12-9-17)28-14-4-7-16-5-2-1-3-6-16;1-19(2)10-18-24(22,23)15-9-12(5-8-14(15)17)16(21)11-3-6-13(20)7-4-11;14-11-6-3-9(7-12(11)20(15,18)19)13(17)8-1-4-10(16)5-2-8;10-8-4-7-9-5-2-1-3-6-9;1-6(2)5(7-3)8-4;2*1-2-3;2-1-4-3;;;;/h3-5,7-8,10-15,17-18H,6,9,16H2,1-2H3;1-3,5-6,8-13,15H,4,7,14H2,(H2,24,26,27);3-10,20H,1-2H3;1-7,16H,(H2,15,18,19);1-3,5-6H,4,7-8H2;5H,1-4H3;1H3;3H,2H2,1H3;1,3H;1H;;;/q;;;;;;;;;;2*+1;-1/p-1. The van der Waals surface area contributed by atoms with Crippen molar-refractivity contribution in [1.29, 1.82) is 5.26 Å². The second-order valence-corrected chi connectivity index (χ2v) is 36.8. The summed E-state index contributed by atoms with van der Waals surface area (Å²) in [5.74, 6) is -0.0522. The number of methoxy groups -OCH3 is 2. The van der Waals surface area contributed by atoms with Gasteiger partial charge < -0.3 is 55.6 Å². The summed E-state index contributed by atoms with van der Waals surface area (Å²) in [5, 5.41) is 52.9. The number of phenols is 2. The predicted octanol–water partition coefficient (Wildman–Crippen LogP) is 10.2. The Morgan fingerprint density at radius 1 is 0.460 bits per heavy atom. The molecule has 0 aliphatic carbocycles. The van der Waals surface area contributed by atoms with Crippen molar-refractivity contribution in [3.8, 4) is 29.1 Å². The van der Waals surface area contributed by atoms with Crippen LogP contribution in [0, 0.1) is 11.3 Å². The summed E-state index contributed by atoms with van der Waals surface area (Å²) in [6.07, 6.45) is 8.12. The van der Waals surface area contributed by atoms with E-state index >= 15 is 0 Å². The number of aliphatic hydroxyl groups excluding tert-OH is 1. The van der Waals surface area contributed by atoms with Crippen LogP contribution in [-0.4, -0.2) is 194 Å². The van der Waals surface area contributed by atoms with Gasteiger partial charge in [0.15, 0.2) is 23.1 Å². The molecule has 11 aromatic rings. The van der Waals surface area contributed by atoms with Crippen LogP contribution in [0.25, 0.3) is 0 Å². The Morgan fingerprint density at radius 3 is 0.912 bits per heavy atom. The minimum atomic E-state index is -4.04. The third-order valence-electron chi connectivity index (χ3n) is 17.0. The SMILES string of the molecule is BrCCCc1ccccc1.CC#N.CCO.CN(C)C=NS(=O)(=O)c1cc(C(=O)c2ccc(O)cc2)ccc1Cl.CN(C)C=NS(=O)(=O)c1cc(C(=O)c2ccc(OCCCc3ccccc3)cc2)ccc1Cl.COC(OC)N(C)C.Cl.NS(=O)(=O)c1cc(C(=O)c2ccc(O)cc2)ccc1Cl.NS(=O)(=O)c1cc(C(=O)c2ccc(OCCCc3ccccc3)cc2)ccc1Cl.O=CO[O-].[H-].[K+].[K+]. The Bertz CT molecular complexity index is 6130. The number of rotatable bonds is 33. The fourth-order valence-electron chi connectivity index (χ4n) is 10.8. The van der Waals surface area contributed by atoms with Crippen LogP contribution in [0.5, 0.6) is 23.0 Å². The van der Waals surface area contributed by atoms with Crippen LogP contribution in [-0.2, 0) is 78.5 Å². The van der Waals surface area contributed by atoms with Crippen LogP contribution >= 0.6 is 74.7 Å². The number of primary sulfonamides is 2. The molecule has 0 bridgehead atoms. The number of alkyl halides is 1. The number of nitrogens with zero attached hydrogens (tertiary/aromatic N) is 6. The number of carbonyl (C=O) groups is 5. The number of nitriles is 1. The predicted molar refractivity (Wildman–Crippen MR) is 530 cm³/mol. The van der Waals surface area contributed by atoms with E-state index in [2.05, 4.69) is 84.2 Å².